The quantitative estimate of drug-likeness (QED) is 0.889. The first kappa shape index (κ1) is 14.3. The van der Waals surface area contributed by atoms with Gasteiger partial charge < -0.3 is 14.8 Å². The summed E-state index contributed by atoms with van der Waals surface area (Å²) < 4.78 is 18.3. The van der Waals surface area contributed by atoms with Gasteiger partial charge in [-0.05, 0) is 42.7 Å². The standard InChI is InChI=1S/C16H14FNO4/c17-11-3-1-2-10(8-11)16(6-7-16)9-18-14(19)12-4-5-13(22-12)15(20)21/h1-5,8H,6-7,9H2,(H,18,19)(H,20,21). The van der Waals surface area contributed by atoms with Crippen molar-refractivity contribution in [3.63, 3.8) is 0 Å². The van der Waals surface area contributed by atoms with Crippen LogP contribution in [0.5, 0.6) is 0 Å². The van der Waals surface area contributed by atoms with Crippen LogP contribution in [0.3, 0.4) is 0 Å². The number of carbonyl (C=O) groups excluding carboxylic acids is 1. The third-order valence-corrected chi connectivity index (χ3v) is 3.92. The average molecular weight is 303 g/mol. The Hall–Kier alpha value is -2.63. The summed E-state index contributed by atoms with van der Waals surface area (Å²) in [6.45, 7) is 0.360. The Morgan fingerprint density at radius 1 is 1.23 bits per heavy atom. The minimum atomic E-state index is -1.22. The van der Waals surface area contributed by atoms with Crippen LogP contribution in [0.4, 0.5) is 4.39 Å². The Balaban J connectivity index is 1.67. The Morgan fingerprint density at radius 2 is 1.95 bits per heavy atom. The number of carboxylic acids is 1. The number of nitrogens with one attached hydrogen (secondary N) is 1. The van der Waals surface area contributed by atoms with Crippen molar-refractivity contribution >= 4 is 11.9 Å². The first-order chi connectivity index (χ1) is 10.5. The van der Waals surface area contributed by atoms with Crippen molar-refractivity contribution in [1.82, 2.24) is 5.32 Å². The van der Waals surface area contributed by atoms with E-state index in [9.17, 15) is 14.0 Å². The van der Waals surface area contributed by atoms with Crippen molar-refractivity contribution < 1.29 is 23.5 Å². The number of carbonyl (C=O) groups is 2. The normalized spacial score (nSPS) is 15.3. The van der Waals surface area contributed by atoms with E-state index in [1.165, 1.54) is 24.3 Å². The van der Waals surface area contributed by atoms with Gasteiger partial charge in [0, 0.05) is 12.0 Å². The van der Waals surface area contributed by atoms with E-state index in [1.807, 2.05) is 6.07 Å². The highest BCUT2D eigenvalue weighted by atomic mass is 19.1. The van der Waals surface area contributed by atoms with Gasteiger partial charge in [-0.15, -0.1) is 0 Å². The minimum Gasteiger partial charge on any atom is -0.475 e. The summed E-state index contributed by atoms with van der Waals surface area (Å²) in [5.41, 5.74) is 0.624. The molecule has 114 valence electrons. The van der Waals surface area contributed by atoms with Gasteiger partial charge >= 0.3 is 5.97 Å². The van der Waals surface area contributed by atoms with Gasteiger partial charge in [0.25, 0.3) is 5.91 Å². The zero-order valence-corrected chi connectivity index (χ0v) is 11.6. The van der Waals surface area contributed by atoms with E-state index in [2.05, 4.69) is 5.32 Å². The molecule has 1 heterocycles. The Labute approximate surface area is 125 Å². The highest BCUT2D eigenvalue weighted by Gasteiger charge is 2.44. The van der Waals surface area contributed by atoms with Gasteiger partial charge in [-0.2, -0.15) is 0 Å². The lowest BCUT2D eigenvalue weighted by Crippen LogP contribution is -2.32. The Kier molecular flexibility index (Phi) is 3.44. The number of benzene rings is 1. The van der Waals surface area contributed by atoms with Crippen molar-refractivity contribution in [3.05, 3.63) is 59.3 Å². The SMILES string of the molecule is O=C(O)c1ccc(C(=O)NCC2(c3cccc(F)c3)CC2)o1. The van der Waals surface area contributed by atoms with E-state index in [4.69, 9.17) is 9.52 Å². The summed E-state index contributed by atoms with van der Waals surface area (Å²) in [6, 6.07) is 8.91. The summed E-state index contributed by atoms with van der Waals surface area (Å²) in [7, 11) is 0. The van der Waals surface area contributed by atoms with Crippen LogP contribution in [-0.2, 0) is 5.41 Å². The number of halogens is 1. The lowest BCUT2D eigenvalue weighted by Gasteiger charge is -2.16. The Morgan fingerprint density at radius 3 is 2.55 bits per heavy atom. The molecular formula is C16H14FNO4. The van der Waals surface area contributed by atoms with Gasteiger partial charge in [0.15, 0.2) is 5.76 Å². The van der Waals surface area contributed by atoms with E-state index < -0.39 is 11.9 Å². The minimum absolute atomic E-state index is 0.0487. The summed E-state index contributed by atoms with van der Waals surface area (Å²) in [6.07, 6.45) is 1.74. The van der Waals surface area contributed by atoms with E-state index in [-0.39, 0.29) is 22.8 Å². The van der Waals surface area contributed by atoms with Crippen molar-refractivity contribution in [2.75, 3.05) is 6.54 Å². The molecule has 22 heavy (non-hydrogen) atoms. The summed E-state index contributed by atoms with van der Waals surface area (Å²) in [5.74, 6) is -2.33. The maximum Gasteiger partial charge on any atom is 0.371 e. The van der Waals surface area contributed by atoms with E-state index in [1.54, 1.807) is 6.07 Å². The molecule has 0 unspecified atom stereocenters. The third kappa shape index (κ3) is 2.72. The molecule has 0 radical (unpaired) electrons. The highest BCUT2D eigenvalue weighted by Crippen LogP contribution is 2.47. The van der Waals surface area contributed by atoms with Crippen LogP contribution in [0.2, 0.25) is 0 Å². The van der Waals surface area contributed by atoms with Crippen LogP contribution in [0.25, 0.3) is 0 Å². The van der Waals surface area contributed by atoms with Crippen LogP contribution in [0, 0.1) is 5.82 Å². The maximum absolute atomic E-state index is 13.3. The van der Waals surface area contributed by atoms with E-state index >= 15 is 0 Å². The molecule has 1 saturated carbocycles. The predicted molar refractivity (Wildman–Crippen MR) is 75.3 cm³/mol. The number of hydrogen-bond acceptors (Lipinski definition) is 3. The molecule has 1 aliphatic carbocycles. The second kappa shape index (κ2) is 5.29. The van der Waals surface area contributed by atoms with Gasteiger partial charge in [0.2, 0.25) is 5.76 Å². The zero-order valence-electron chi connectivity index (χ0n) is 11.6. The molecule has 0 bridgehead atoms. The highest BCUT2D eigenvalue weighted by molar-refractivity contribution is 5.93. The second-order valence-corrected chi connectivity index (χ2v) is 5.44. The molecule has 5 nitrogen and oxygen atoms in total. The average Bonchev–Trinajstić information content (AvgIpc) is 3.11. The molecule has 6 heteroatoms. The zero-order chi connectivity index (χ0) is 15.7. The molecule has 0 aliphatic heterocycles. The molecule has 3 rings (SSSR count). The largest absolute Gasteiger partial charge is 0.475 e. The number of amides is 1. The summed E-state index contributed by atoms with van der Waals surface area (Å²) in [5, 5.41) is 11.5. The van der Waals surface area contributed by atoms with Gasteiger partial charge in [0.05, 0.1) is 0 Å². The third-order valence-electron chi connectivity index (χ3n) is 3.92. The number of furan rings is 1. The van der Waals surface area contributed by atoms with Gasteiger partial charge in [0.1, 0.15) is 5.82 Å². The van der Waals surface area contributed by atoms with Crippen molar-refractivity contribution in [2.24, 2.45) is 0 Å². The fraction of sp³-hybridized carbons (Fsp3) is 0.250. The molecule has 1 aromatic carbocycles. The second-order valence-electron chi connectivity index (χ2n) is 5.44. The van der Waals surface area contributed by atoms with Crippen molar-refractivity contribution in [2.45, 2.75) is 18.3 Å². The molecular weight excluding hydrogens is 289 g/mol. The topological polar surface area (TPSA) is 79.5 Å². The predicted octanol–water partition coefficient (Wildman–Crippen LogP) is 2.58. The fourth-order valence-corrected chi connectivity index (χ4v) is 2.45. The maximum atomic E-state index is 13.3. The molecule has 1 fully saturated rings. The van der Waals surface area contributed by atoms with E-state index in [0.29, 0.717) is 6.54 Å². The number of aromatic carboxylic acids is 1. The van der Waals surface area contributed by atoms with Gasteiger partial charge in [-0.3, -0.25) is 4.79 Å². The Bertz CT molecular complexity index is 733. The molecule has 1 amide bonds. The summed E-state index contributed by atoms with van der Waals surface area (Å²) in [4.78, 5) is 22.7. The fourth-order valence-electron chi connectivity index (χ4n) is 2.45. The van der Waals surface area contributed by atoms with Crippen LogP contribution >= 0.6 is 0 Å². The molecule has 1 aromatic heterocycles. The lowest BCUT2D eigenvalue weighted by molar-refractivity contribution is 0.0659. The van der Waals surface area contributed by atoms with E-state index in [0.717, 1.165) is 18.4 Å². The monoisotopic (exact) mass is 303 g/mol. The van der Waals surface area contributed by atoms with Crippen molar-refractivity contribution in [3.8, 4) is 0 Å². The molecule has 0 saturated heterocycles. The molecule has 0 atom stereocenters. The molecule has 1 aliphatic rings. The number of hydrogen-bond donors (Lipinski definition) is 2. The molecule has 2 aromatic rings. The summed E-state index contributed by atoms with van der Waals surface area (Å²) >= 11 is 0. The molecule has 2 N–H and O–H groups in total. The number of rotatable bonds is 5. The van der Waals surface area contributed by atoms with Crippen LogP contribution in [0.1, 0.15) is 39.5 Å². The van der Waals surface area contributed by atoms with Crippen LogP contribution < -0.4 is 5.32 Å². The van der Waals surface area contributed by atoms with Crippen LogP contribution in [0.15, 0.2) is 40.8 Å². The lowest BCUT2D eigenvalue weighted by atomic mass is 9.96. The smallest absolute Gasteiger partial charge is 0.371 e. The van der Waals surface area contributed by atoms with Crippen LogP contribution in [-0.4, -0.2) is 23.5 Å². The van der Waals surface area contributed by atoms with Gasteiger partial charge in [-0.25, -0.2) is 9.18 Å². The first-order valence-electron chi connectivity index (χ1n) is 6.88. The molecule has 0 spiro atoms. The van der Waals surface area contributed by atoms with Gasteiger partial charge in [-0.1, -0.05) is 12.1 Å². The van der Waals surface area contributed by atoms with Crippen molar-refractivity contribution in [1.29, 1.82) is 0 Å². The first-order valence-corrected chi connectivity index (χ1v) is 6.88. The number of carboxylic acid groups (broad SMARTS) is 1.